The summed E-state index contributed by atoms with van der Waals surface area (Å²) >= 11 is 0. The zero-order valence-corrected chi connectivity index (χ0v) is 14.4. The van der Waals surface area contributed by atoms with E-state index in [1.54, 1.807) is 7.11 Å². The van der Waals surface area contributed by atoms with Crippen LogP contribution in [0.3, 0.4) is 0 Å². The maximum absolute atomic E-state index is 12.1. The average molecular weight is 342 g/mol. The topological polar surface area (TPSA) is 85.4 Å². The maximum Gasteiger partial charge on any atom is 0.271 e. The number of rotatable bonds is 6. The van der Waals surface area contributed by atoms with Crippen LogP contribution in [0, 0.1) is 6.92 Å². The minimum absolute atomic E-state index is 0.103. The molecule has 2 aromatic rings. The predicted octanol–water partition coefficient (Wildman–Crippen LogP) is 2.45. The number of amides is 1. The summed E-state index contributed by atoms with van der Waals surface area (Å²) in [7, 11) is 1.61. The van der Waals surface area contributed by atoms with Gasteiger partial charge in [0.05, 0.1) is 31.3 Å². The van der Waals surface area contributed by atoms with Crippen molar-refractivity contribution in [3.63, 3.8) is 0 Å². The lowest BCUT2D eigenvalue weighted by Crippen LogP contribution is -2.32. The van der Waals surface area contributed by atoms with Gasteiger partial charge in [-0.25, -0.2) is 9.97 Å². The molecular weight excluding hydrogens is 320 g/mol. The summed E-state index contributed by atoms with van der Waals surface area (Å²) in [4.78, 5) is 20.5. The number of aromatic nitrogens is 2. The molecule has 1 aliphatic rings. The number of anilines is 2. The van der Waals surface area contributed by atoms with Crippen molar-refractivity contribution < 1.29 is 14.3 Å². The van der Waals surface area contributed by atoms with Gasteiger partial charge in [0.2, 0.25) is 0 Å². The van der Waals surface area contributed by atoms with Crippen LogP contribution in [0.5, 0.6) is 5.75 Å². The molecule has 1 saturated heterocycles. The Morgan fingerprint density at radius 1 is 1.36 bits per heavy atom. The molecule has 0 spiro atoms. The summed E-state index contributed by atoms with van der Waals surface area (Å²) < 4.78 is 10.8. The van der Waals surface area contributed by atoms with Crippen molar-refractivity contribution in [2.45, 2.75) is 25.9 Å². The minimum Gasteiger partial charge on any atom is -0.495 e. The van der Waals surface area contributed by atoms with E-state index in [1.165, 1.54) is 12.4 Å². The zero-order chi connectivity index (χ0) is 17.6. The number of hydrogen-bond acceptors (Lipinski definition) is 6. The molecule has 1 unspecified atom stereocenters. The summed E-state index contributed by atoms with van der Waals surface area (Å²) in [5.41, 5.74) is 2.17. The largest absolute Gasteiger partial charge is 0.495 e. The molecule has 2 heterocycles. The number of carbonyl (C=O) groups is 1. The van der Waals surface area contributed by atoms with Gasteiger partial charge in [0, 0.05) is 13.2 Å². The van der Waals surface area contributed by atoms with Gasteiger partial charge in [-0.3, -0.25) is 4.79 Å². The van der Waals surface area contributed by atoms with Crippen LogP contribution in [0.4, 0.5) is 11.5 Å². The molecule has 1 aromatic heterocycles. The van der Waals surface area contributed by atoms with Crippen molar-refractivity contribution in [2.75, 3.05) is 25.6 Å². The Morgan fingerprint density at radius 3 is 2.92 bits per heavy atom. The smallest absolute Gasteiger partial charge is 0.271 e. The third-order valence-electron chi connectivity index (χ3n) is 4.02. The molecule has 1 aliphatic heterocycles. The second-order valence-corrected chi connectivity index (χ2v) is 5.96. The lowest BCUT2D eigenvalue weighted by Gasteiger charge is -2.12. The second kappa shape index (κ2) is 7.94. The molecule has 0 radical (unpaired) electrons. The Labute approximate surface area is 146 Å². The summed E-state index contributed by atoms with van der Waals surface area (Å²) in [6.07, 6.45) is 5.11. The molecule has 3 rings (SSSR count). The van der Waals surface area contributed by atoms with Gasteiger partial charge in [-0.2, -0.15) is 0 Å². The van der Waals surface area contributed by atoms with Gasteiger partial charge >= 0.3 is 0 Å². The molecule has 1 fully saturated rings. The molecule has 1 aromatic carbocycles. The molecule has 0 aliphatic carbocycles. The highest BCUT2D eigenvalue weighted by Crippen LogP contribution is 2.27. The van der Waals surface area contributed by atoms with Gasteiger partial charge in [-0.05, 0) is 37.5 Å². The number of ether oxygens (including phenoxy) is 2. The standard InChI is InChI=1S/C18H22N4O3/c1-12-5-6-16(24-2)14(8-12)22-17-11-19-15(10-20-17)18(23)21-9-13-4-3-7-25-13/h5-6,8,10-11,13H,3-4,7,9H2,1-2H3,(H,20,22)(H,21,23). The highest BCUT2D eigenvalue weighted by molar-refractivity contribution is 5.92. The molecule has 1 atom stereocenters. The SMILES string of the molecule is COc1ccc(C)cc1Nc1cnc(C(=O)NCC2CCCO2)cn1. The molecular formula is C18H22N4O3. The van der Waals surface area contributed by atoms with Gasteiger partial charge in [0.15, 0.2) is 0 Å². The fraction of sp³-hybridized carbons (Fsp3) is 0.389. The molecule has 0 bridgehead atoms. The van der Waals surface area contributed by atoms with Crippen molar-refractivity contribution in [2.24, 2.45) is 0 Å². The zero-order valence-electron chi connectivity index (χ0n) is 14.4. The fourth-order valence-corrected chi connectivity index (χ4v) is 2.67. The number of carbonyl (C=O) groups excluding carboxylic acids is 1. The Morgan fingerprint density at radius 2 is 2.24 bits per heavy atom. The molecule has 132 valence electrons. The molecule has 1 amide bonds. The third kappa shape index (κ3) is 4.45. The summed E-state index contributed by atoms with van der Waals surface area (Å²) in [6.45, 7) is 3.27. The van der Waals surface area contributed by atoms with E-state index in [-0.39, 0.29) is 17.7 Å². The number of nitrogens with zero attached hydrogens (tertiary/aromatic N) is 2. The van der Waals surface area contributed by atoms with Crippen LogP contribution in [-0.2, 0) is 4.74 Å². The number of benzene rings is 1. The molecule has 2 N–H and O–H groups in total. The van der Waals surface area contributed by atoms with Crippen LogP contribution < -0.4 is 15.4 Å². The van der Waals surface area contributed by atoms with E-state index >= 15 is 0 Å². The predicted molar refractivity (Wildman–Crippen MR) is 94.4 cm³/mol. The number of nitrogens with one attached hydrogen (secondary N) is 2. The number of methoxy groups -OCH3 is 1. The van der Waals surface area contributed by atoms with E-state index in [0.29, 0.717) is 18.1 Å². The Kier molecular flexibility index (Phi) is 5.45. The molecule has 7 nitrogen and oxygen atoms in total. The highest BCUT2D eigenvalue weighted by Gasteiger charge is 2.17. The highest BCUT2D eigenvalue weighted by atomic mass is 16.5. The minimum atomic E-state index is -0.248. The first-order chi connectivity index (χ1) is 12.2. The Balaban J connectivity index is 1.62. The van der Waals surface area contributed by atoms with E-state index in [4.69, 9.17) is 9.47 Å². The van der Waals surface area contributed by atoms with Crippen LogP contribution in [0.2, 0.25) is 0 Å². The molecule has 7 heteroatoms. The number of aryl methyl sites for hydroxylation is 1. The van der Waals surface area contributed by atoms with Crippen LogP contribution in [-0.4, -0.2) is 42.2 Å². The first kappa shape index (κ1) is 17.2. The van der Waals surface area contributed by atoms with Gasteiger partial charge in [0.1, 0.15) is 17.3 Å². The van der Waals surface area contributed by atoms with E-state index < -0.39 is 0 Å². The van der Waals surface area contributed by atoms with Gasteiger partial charge in [-0.1, -0.05) is 6.07 Å². The Hall–Kier alpha value is -2.67. The van der Waals surface area contributed by atoms with Crippen molar-refractivity contribution in [3.8, 4) is 5.75 Å². The monoisotopic (exact) mass is 342 g/mol. The van der Waals surface area contributed by atoms with Crippen molar-refractivity contribution in [3.05, 3.63) is 41.9 Å². The molecule has 25 heavy (non-hydrogen) atoms. The summed E-state index contributed by atoms with van der Waals surface area (Å²) in [5.74, 6) is 1.01. The first-order valence-electron chi connectivity index (χ1n) is 8.29. The van der Waals surface area contributed by atoms with E-state index in [2.05, 4.69) is 20.6 Å². The van der Waals surface area contributed by atoms with Crippen molar-refractivity contribution in [1.82, 2.24) is 15.3 Å². The van der Waals surface area contributed by atoms with Crippen LogP contribution in [0.1, 0.15) is 28.9 Å². The van der Waals surface area contributed by atoms with Crippen LogP contribution in [0.25, 0.3) is 0 Å². The van der Waals surface area contributed by atoms with Gasteiger partial charge in [0.25, 0.3) is 5.91 Å². The number of hydrogen-bond donors (Lipinski definition) is 2. The molecule has 0 saturated carbocycles. The summed E-state index contributed by atoms with van der Waals surface area (Å²) in [6, 6.07) is 5.82. The van der Waals surface area contributed by atoms with E-state index in [9.17, 15) is 4.79 Å². The van der Waals surface area contributed by atoms with Gasteiger partial charge in [-0.15, -0.1) is 0 Å². The maximum atomic E-state index is 12.1. The Bertz CT molecular complexity index is 728. The van der Waals surface area contributed by atoms with Gasteiger partial charge < -0.3 is 20.1 Å². The van der Waals surface area contributed by atoms with E-state index in [1.807, 2.05) is 25.1 Å². The lowest BCUT2D eigenvalue weighted by molar-refractivity contribution is 0.0853. The average Bonchev–Trinajstić information content (AvgIpc) is 3.14. The van der Waals surface area contributed by atoms with Crippen molar-refractivity contribution in [1.29, 1.82) is 0 Å². The van der Waals surface area contributed by atoms with E-state index in [0.717, 1.165) is 30.7 Å². The normalized spacial score (nSPS) is 16.5. The lowest BCUT2D eigenvalue weighted by atomic mass is 10.2. The van der Waals surface area contributed by atoms with Crippen LogP contribution in [0.15, 0.2) is 30.6 Å². The van der Waals surface area contributed by atoms with Crippen molar-refractivity contribution >= 4 is 17.4 Å². The third-order valence-corrected chi connectivity index (χ3v) is 4.02. The van der Waals surface area contributed by atoms with Crippen LogP contribution >= 0.6 is 0 Å². The first-order valence-corrected chi connectivity index (χ1v) is 8.29. The second-order valence-electron chi connectivity index (χ2n) is 5.96. The summed E-state index contributed by atoms with van der Waals surface area (Å²) in [5, 5.41) is 5.99. The fourth-order valence-electron chi connectivity index (χ4n) is 2.67. The quantitative estimate of drug-likeness (QED) is 0.839.